The summed E-state index contributed by atoms with van der Waals surface area (Å²) in [6, 6.07) is 6.43. The van der Waals surface area contributed by atoms with Gasteiger partial charge in [-0.25, -0.2) is 19.5 Å². The summed E-state index contributed by atoms with van der Waals surface area (Å²) in [7, 11) is 0. The van der Waals surface area contributed by atoms with Gasteiger partial charge in [-0.2, -0.15) is 0 Å². The standard InChI is InChI=1S/C29H24N8O2S/c1-17(32-28(38)24-25(30)35-36-15-7-14-31-27(24)36)26-34-22-11-6-8-19(12-13-20-16-40-18(2)33-20)23(22)29(39)37(26)21-9-4-3-5-10-21/h4,6-11,14-17H,3,5H2,1-2H3,(H2,30,35)(H,32,38)/t17-/m1/s1. The number of thiazole rings is 1. The van der Waals surface area contributed by atoms with E-state index in [4.69, 9.17) is 10.7 Å². The zero-order valence-corrected chi connectivity index (χ0v) is 22.6. The fourth-order valence-corrected chi connectivity index (χ4v) is 5.21. The lowest BCUT2D eigenvalue weighted by atomic mass is 10.1. The van der Waals surface area contributed by atoms with E-state index in [-0.39, 0.29) is 16.9 Å². The maximum absolute atomic E-state index is 14.1. The Hall–Kier alpha value is -5.08. The second-order valence-electron chi connectivity index (χ2n) is 9.26. The van der Waals surface area contributed by atoms with Crippen LogP contribution in [-0.2, 0) is 0 Å². The first kappa shape index (κ1) is 25.2. The van der Waals surface area contributed by atoms with Crippen LogP contribution < -0.4 is 16.6 Å². The number of nitrogens with two attached hydrogens (primary N) is 1. The lowest BCUT2D eigenvalue weighted by molar-refractivity contribution is 0.0940. The van der Waals surface area contributed by atoms with Crippen molar-refractivity contribution in [3.8, 4) is 11.8 Å². The van der Waals surface area contributed by atoms with Crippen LogP contribution in [0.15, 0.2) is 65.1 Å². The molecule has 1 atom stereocenters. The highest BCUT2D eigenvalue weighted by Gasteiger charge is 2.25. The summed E-state index contributed by atoms with van der Waals surface area (Å²) in [5, 5.41) is 10.3. The van der Waals surface area contributed by atoms with Crippen molar-refractivity contribution in [1.82, 2.24) is 34.4 Å². The van der Waals surface area contributed by atoms with Crippen LogP contribution >= 0.6 is 11.3 Å². The second kappa shape index (κ2) is 10.2. The zero-order valence-electron chi connectivity index (χ0n) is 21.8. The molecule has 198 valence electrons. The Morgan fingerprint density at radius 2 is 2.08 bits per heavy atom. The van der Waals surface area contributed by atoms with Crippen LogP contribution in [0.4, 0.5) is 5.82 Å². The van der Waals surface area contributed by atoms with Gasteiger partial charge in [0.2, 0.25) is 0 Å². The third-order valence-electron chi connectivity index (χ3n) is 6.49. The van der Waals surface area contributed by atoms with Crippen molar-refractivity contribution in [2.45, 2.75) is 32.7 Å². The number of nitrogens with one attached hydrogen (secondary N) is 1. The van der Waals surface area contributed by atoms with Crippen molar-refractivity contribution in [3.05, 3.63) is 98.3 Å². The number of aromatic nitrogens is 6. The number of nitrogens with zero attached hydrogens (tertiary/aromatic N) is 6. The number of rotatable bonds is 4. The number of allylic oxidation sites excluding steroid dienone is 4. The summed E-state index contributed by atoms with van der Waals surface area (Å²) in [5.74, 6) is 6.15. The number of anilines is 1. The SMILES string of the molecule is Cc1nc(C#Cc2cccc3nc([C@@H](C)NC(=O)c4c(N)nn5cccnc45)n(C4=CCCC=C4)c(=O)c23)cs1. The van der Waals surface area contributed by atoms with Gasteiger partial charge in [0, 0.05) is 29.0 Å². The molecule has 0 spiro atoms. The molecule has 40 heavy (non-hydrogen) atoms. The van der Waals surface area contributed by atoms with E-state index in [1.165, 1.54) is 15.9 Å². The summed E-state index contributed by atoms with van der Waals surface area (Å²) in [6.07, 6.45) is 10.8. The Morgan fingerprint density at radius 3 is 2.85 bits per heavy atom. The van der Waals surface area contributed by atoms with Gasteiger partial charge in [0.05, 0.1) is 22.0 Å². The topological polar surface area (TPSA) is 133 Å². The van der Waals surface area contributed by atoms with Gasteiger partial charge >= 0.3 is 0 Å². The van der Waals surface area contributed by atoms with Crippen LogP contribution in [0.3, 0.4) is 0 Å². The Kier molecular flexibility index (Phi) is 6.45. The fraction of sp³-hybridized carbons (Fsp3) is 0.172. The molecular formula is C29H24N8O2S. The number of hydrogen-bond donors (Lipinski definition) is 2. The van der Waals surface area contributed by atoms with E-state index in [9.17, 15) is 9.59 Å². The van der Waals surface area contributed by atoms with Crippen LogP contribution in [-0.4, -0.2) is 35.0 Å². The predicted molar refractivity (Wildman–Crippen MR) is 155 cm³/mol. The average molecular weight is 549 g/mol. The Labute approximate surface area is 232 Å². The molecule has 0 radical (unpaired) electrons. The quantitative estimate of drug-likeness (QED) is 0.326. The lowest BCUT2D eigenvalue weighted by Gasteiger charge is -2.21. The third kappa shape index (κ3) is 4.54. The molecule has 0 saturated carbocycles. The molecule has 0 aliphatic heterocycles. The predicted octanol–water partition coefficient (Wildman–Crippen LogP) is 3.87. The van der Waals surface area contributed by atoms with E-state index in [2.05, 4.69) is 32.2 Å². The summed E-state index contributed by atoms with van der Waals surface area (Å²) in [5.41, 5.74) is 8.68. The normalized spacial score (nSPS) is 13.6. The maximum atomic E-state index is 14.1. The summed E-state index contributed by atoms with van der Waals surface area (Å²) < 4.78 is 3.01. The van der Waals surface area contributed by atoms with Crippen LogP contribution in [0.2, 0.25) is 0 Å². The lowest BCUT2D eigenvalue weighted by Crippen LogP contribution is -2.34. The molecule has 1 aromatic carbocycles. The minimum atomic E-state index is -0.661. The summed E-state index contributed by atoms with van der Waals surface area (Å²) in [4.78, 5) is 41.1. The first-order valence-corrected chi connectivity index (χ1v) is 13.6. The number of amides is 1. The molecule has 0 bridgehead atoms. The number of nitrogen functional groups attached to an aromatic ring is 1. The maximum Gasteiger partial charge on any atom is 0.267 e. The smallest absolute Gasteiger partial charge is 0.267 e. The molecule has 11 heteroatoms. The van der Waals surface area contributed by atoms with E-state index in [1.54, 1.807) is 42.1 Å². The molecule has 5 aromatic rings. The molecule has 0 fully saturated rings. The summed E-state index contributed by atoms with van der Waals surface area (Å²) in [6.45, 7) is 3.70. The fourth-order valence-electron chi connectivity index (χ4n) is 4.66. The van der Waals surface area contributed by atoms with E-state index in [0.29, 0.717) is 39.3 Å². The highest BCUT2D eigenvalue weighted by Crippen LogP contribution is 2.24. The van der Waals surface area contributed by atoms with Gasteiger partial charge < -0.3 is 11.1 Å². The van der Waals surface area contributed by atoms with Gasteiger partial charge in [-0.05, 0) is 56.9 Å². The Bertz CT molecular complexity index is 1990. The Balaban J connectivity index is 1.46. The van der Waals surface area contributed by atoms with Crippen molar-refractivity contribution < 1.29 is 4.79 Å². The zero-order chi connectivity index (χ0) is 27.8. The summed E-state index contributed by atoms with van der Waals surface area (Å²) >= 11 is 1.52. The minimum Gasteiger partial charge on any atom is -0.381 e. The monoisotopic (exact) mass is 548 g/mol. The van der Waals surface area contributed by atoms with Crippen molar-refractivity contribution in [2.75, 3.05) is 5.73 Å². The van der Waals surface area contributed by atoms with Crippen LogP contribution in [0.5, 0.6) is 0 Å². The molecule has 0 unspecified atom stereocenters. The first-order valence-electron chi connectivity index (χ1n) is 12.7. The molecule has 6 rings (SSSR count). The van der Waals surface area contributed by atoms with Crippen molar-refractivity contribution in [3.63, 3.8) is 0 Å². The van der Waals surface area contributed by atoms with Crippen LogP contribution in [0.25, 0.3) is 22.2 Å². The van der Waals surface area contributed by atoms with Crippen molar-refractivity contribution in [2.24, 2.45) is 0 Å². The molecule has 3 N–H and O–H groups in total. The number of fused-ring (bicyclic) bond motifs is 2. The molecule has 1 aliphatic rings. The number of hydrogen-bond acceptors (Lipinski definition) is 8. The van der Waals surface area contributed by atoms with E-state index < -0.39 is 11.9 Å². The molecule has 4 aromatic heterocycles. The molecule has 1 amide bonds. The van der Waals surface area contributed by atoms with Gasteiger partial charge in [-0.15, -0.1) is 16.4 Å². The molecule has 0 saturated heterocycles. The van der Waals surface area contributed by atoms with Crippen LogP contribution in [0.1, 0.15) is 58.3 Å². The second-order valence-corrected chi connectivity index (χ2v) is 10.3. The molecular weight excluding hydrogens is 524 g/mol. The molecule has 1 aliphatic carbocycles. The first-order chi connectivity index (χ1) is 19.4. The van der Waals surface area contributed by atoms with E-state index in [0.717, 1.165) is 17.8 Å². The highest BCUT2D eigenvalue weighted by atomic mass is 32.1. The van der Waals surface area contributed by atoms with E-state index >= 15 is 0 Å². The molecule has 10 nitrogen and oxygen atoms in total. The average Bonchev–Trinajstić information content (AvgIpc) is 3.53. The van der Waals surface area contributed by atoms with Crippen molar-refractivity contribution in [1.29, 1.82) is 0 Å². The van der Waals surface area contributed by atoms with Gasteiger partial charge in [-0.1, -0.05) is 24.1 Å². The number of benzene rings is 1. The van der Waals surface area contributed by atoms with Crippen LogP contribution in [0, 0.1) is 18.8 Å². The minimum absolute atomic E-state index is 0.0590. The van der Waals surface area contributed by atoms with Gasteiger partial charge in [0.25, 0.3) is 11.5 Å². The third-order valence-corrected chi connectivity index (χ3v) is 7.26. The van der Waals surface area contributed by atoms with Crippen molar-refractivity contribution >= 4 is 45.3 Å². The number of aryl methyl sites for hydroxylation is 1. The number of carbonyl (C=O) groups excluding carboxylic acids is 1. The van der Waals surface area contributed by atoms with Gasteiger partial charge in [-0.3, -0.25) is 14.2 Å². The molecule has 4 heterocycles. The largest absolute Gasteiger partial charge is 0.381 e. The van der Waals surface area contributed by atoms with E-state index in [1.807, 2.05) is 36.6 Å². The Morgan fingerprint density at radius 1 is 1.20 bits per heavy atom. The van der Waals surface area contributed by atoms with Gasteiger partial charge in [0.1, 0.15) is 17.1 Å². The number of carbonyl (C=O) groups is 1. The highest BCUT2D eigenvalue weighted by molar-refractivity contribution is 7.09. The van der Waals surface area contributed by atoms with Gasteiger partial charge in [0.15, 0.2) is 11.5 Å².